The molecular weight excluding hydrogens is 307 g/mol. The monoisotopic (exact) mass is 325 g/mol. The van der Waals surface area contributed by atoms with E-state index in [0.29, 0.717) is 11.3 Å². The van der Waals surface area contributed by atoms with E-state index in [1.165, 1.54) is 6.07 Å². The molecule has 1 N–H and O–H groups in total. The van der Waals surface area contributed by atoms with Crippen molar-refractivity contribution < 1.29 is 22.4 Å². The first-order chi connectivity index (χ1) is 10.6. The molecular formula is C17H18F3NO2. The van der Waals surface area contributed by atoms with E-state index in [4.69, 9.17) is 4.42 Å². The molecule has 6 heteroatoms. The molecule has 3 nitrogen and oxygen atoms in total. The quantitative estimate of drug-likeness (QED) is 0.910. The van der Waals surface area contributed by atoms with Crippen molar-refractivity contribution >= 4 is 5.91 Å². The Bertz CT molecular complexity index is 702. The Hall–Kier alpha value is -2.24. The minimum absolute atomic E-state index is 0.183. The van der Waals surface area contributed by atoms with Crippen molar-refractivity contribution in [2.75, 3.05) is 6.54 Å². The maximum Gasteiger partial charge on any atom is 0.416 e. The molecule has 0 saturated heterocycles. The van der Waals surface area contributed by atoms with E-state index in [0.717, 1.165) is 12.1 Å². The number of rotatable bonds is 4. The SMILES string of the molecule is Cc1ccc(C(=O)NCC(C)(C)c2cccc(C(F)(F)F)c2)o1. The molecule has 23 heavy (non-hydrogen) atoms. The number of halogens is 3. The highest BCUT2D eigenvalue weighted by atomic mass is 19.4. The average molecular weight is 325 g/mol. The van der Waals surface area contributed by atoms with Gasteiger partial charge >= 0.3 is 6.18 Å². The van der Waals surface area contributed by atoms with E-state index in [1.54, 1.807) is 39.0 Å². The third kappa shape index (κ3) is 4.15. The number of benzene rings is 1. The molecule has 1 aromatic carbocycles. The molecule has 0 aliphatic heterocycles. The summed E-state index contributed by atoms with van der Waals surface area (Å²) in [5, 5.41) is 2.70. The fraction of sp³-hybridized carbons (Fsp3) is 0.353. The summed E-state index contributed by atoms with van der Waals surface area (Å²) in [6, 6.07) is 8.37. The number of alkyl halides is 3. The minimum Gasteiger partial charge on any atom is -0.456 e. The third-order valence-electron chi connectivity index (χ3n) is 3.63. The van der Waals surface area contributed by atoms with Gasteiger partial charge in [-0.15, -0.1) is 0 Å². The van der Waals surface area contributed by atoms with Gasteiger partial charge in [0.05, 0.1) is 5.56 Å². The Morgan fingerprint density at radius 1 is 1.13 bits per heavy atom. The molecule has 124 valence electrons. The Kier molecular flexibility index (Phi) is 4.54. The highest BCUT2D eigenvalue weighted by Gasteiger charge is 2.32. The predicted octanol–water partition coefficient (Wildman–Crippen LogP) is 4.31. The molecule has 0 radical (unpaired) electrons. The summed E-state index contributed by atoms with van der Waals surface area (Å²) in [4.78, 5) is 12.0. The van der Waals surface area contributed by atoms with Gasteiger partial charge in [-0.3, -0.25) is 4.79 Å². The number of furan rings is 1. The minimum atomic E-state index is -4.39. The molecule has 2 rings (SSSR count). The van der Waals surface area contributed by atoms with Gasteiger partial charge in [-0.05, 0) is 30.7 Å². The summed E-state index contributed by atoms with van der Waals surface area (Å²) in [6.45, 7) is 5.46. The number of hydrogen-bond donors (Lipinski definition) is 1. The highest BCUT2D eigenvalue weighted by Crippen LogP contribution is 2.32. The van der Waals surface area contributed by atoms with Gasteiger partial charge in [0.15, 0.2) is 5.76 Å². The molecule has 0 bridgehead atoms. The zero-order chi connectivity index (χ0) is 17.3. The Morgan fingerprint density at radius 3 is 2.35 bits per heavy atom. The maximum absolute atomic E-state index is 12.8. The van der Waals surface area contributed by atoms with Crippen molar-refractivity contribution in [1.82, 2.24) is 5.32 Å². The number of aryl methyl sites for hydroxylation is 1. The molecule has 2 aromatic rings. The van der Waals surface area contributed by atoms with Crippen molar-refractivity contribution in [3.63, 3.8) is 0 Å². The van der Waals surface area contributed by atoms with Crippen LogP contribution in [0.2, 0.25) is 0 Å². The van der Waals surface area contributed by atoms with E-state index in [9.17, 15) is 18.0 Å². The molecule has 0 aliphatic carbocycles. The van der Waals surface area contributed by atoms with Gasteiger partial charge in [-0.2, -0.15) is 13.2 Å². The largest absolute Gasteiger partial charge is 0.456 e. The average Bonchev–Trinajstić information content (AvgIpc) is 2.91. The summed E-state index contributed by atoms with van der Waals surface area (Å²) in [5.74, 6) is 0.410. The van der Waals surface area contributed by atoms with E-state index < -0.39 is 23.1 Å². The number of nitrogens with one attached hydrogen (secondary N) is 1. The van der Waals surface area contributed by atoms with Gasteiger partial charge < -0.3 is 9.73 Å². The predicted molar refractivity (Wildman–Crippen MR) is 80.2 cm³/mol. The topological polar surface area (TPSA) is 42.2 Å². The molecule has 0 spiro atoms. The van der Waals surface area contributed by atoms with Crippen LogP contribution in [0.25, 0.3) is 0 Å². The molecule has 1 amide bonds. The lowest BCUT2D eigenvalue weighted by Gasteiger charge is -2.26. The van der Waals surface area contributed by atoms with E-state index in [2.05, 4.69) is 5.32 Å². The Morgan fingerprint density at radius 2 is 1.78 bits per heavy atom. The Labute approximate surface area is 132 Å². The van der Waals surface area contributed by atoms with E-state index in [-0.39, 0.29) is 12.3 Å². The number of amides is 1. The molecule has 0 unspecified atom stereocenters. The van der Waals surface area contributed by atoms with Crippen molar-refractivity contribution in [1.29, 1.82) is 0 Å². The molecule has 1 heterocycles. The lowest BCUT2D eigenvalue weighted by molar-refractivity contribution is -0.137. The molecule has 0 aliphatic rings. The van der Waals surface area contributed by atoms with Crippen LogP contribution < -0.4 is 5.32 Å². The van der Waals surface area contributed by atoms with Crippen LogP contribution in [0.15, 0.2) is 40.8 Å². The van der Waals surface area contributed by atoms with Gasteiger partial charge in [-0.25, -0.2) is 0 Å². The van der Waals surface area contributed by atoms with Crippen LogP contribution in [-0.2, 0) is 11.6 Å². The molecule has 0 fully saturated rings. The second-order valence-corrected chi connectivity index (χ2v) is 6.06. The van der Waals surface area contributed by atoms with Crippen LogP contribution in [0.5, 0.6) is 0 Å². The summed E-state index contributed by atoms with van der Waals surface area (Å²) in [5.41, 5.74) is -0.849. The first-order valence-corrected chi connectivity index (χ1v) is 7.12. The van der Waals surface area contributed by atoms with Crippen LogP contribution in [0.3, 0.4) is 0 Å². The lowest BCUT2D eigenvalue weighted by atomic mass is 9.83. The standard InChI is InChI=1S/C17H18F3NO2/c1-11-7-8-14(23-11)15(22)21-10-16(2,3)12-5-4-6-13(9-12)17(18,19)20/h4-9H,10H2,1-3H3,(H,21,22). The van der Waals surface area contributed by atoms with E-state index >= 15 is 0 Å². The summed E-state index contributed by atoms with van der Waals surface area (Å²) in [6.07, 6.45) is -4.39. The maximum atomic E-state index is 12.8. The van der Waals surface area contributed by atoms with Gasteiger partial charge in [0.25, 0.3) is 5.91 Å². The van der Waals surface area contributed by atoms with Gasteiger partial charge in [0.1, 0.15) is 5.76 Å². The molecule has 0 saturated carbocycles. The fourth-order valence-corrected chi connectivity index (χ4v) is 2.16. The smallest absolute Gasteiger partial charge is 0.416 e. The van der Waals surface area contributed by atoms with Crippen molar-refractivity contribution in [3.05, 3.63) is 59.0 Å². The second-order valence-electron chi connectivity index (χ2n) is 6.06. The van der Waals surface area contributed by atoms with Crippen LogP contribution in [-0.4, -0.2) is 12.5 Å². The number of carbonyl (C=O) groups excluding carboxylic acids is 1. The molecule has 0 atom stereocenters. The van der Waals surface area contributed by atoms with Crippen molar-refractivity contribution in [2.45, 2.75) is 32.4 Å². The number of hydrogen-bond acceptors (Lipinski definition) is 2. The van der Waals surface area contributed by atoms with Gasteiger partial charge in [-0.1, -0.05) is 32.0 Å². The summed E-state index contributed by atoms with van der Waals surface area (Å²) < 4.78 is 43.7. The first kappa shape index (κ1) is 17.1. The van der Waals surface area contributed by atoms with Crippen molar-refractivity contribution in [3.8, 4) is 0 Å². The van der Waals surface area contributed by atoms with Crippen LogP contribution in [0.1, 0.15) is 41.3 Å². The zero-order valence-electron chi connectivity index (χ0n) is 13.1. The van der Waals surface area contributed by atoms with Gasteiger partial charge in [0.2, 0.25) is 0 Å². The van der Waals surface area contributed by atoms with Crippen LogP contribution >= 0.6 is 0 Å². The van der Waals surface area contributed by atoms with Crippen LogP contribution in [0.4, 0.5) is 13.2 Å². The first-order valence-electron chi connectivity index (χ1n) is 7.12. The zero-order valence-corrected chi connectivity index (χ0v) is 13.1. The van der Waals surface area contributed by atoms with Crippen molar-refractivity contribution in [2.24, 2.45) is 0 Å². The normalized spacial score (nSPS) is 12.3. The summed E-state index contributed by atoms with van der Waals surface area (Å²) in [7, 11) is 0. The number of carbonyl (C=O) groups is 1. The summed E-state index contributed by atoms with van der Waals surface area (Å²) >= 11 is 0. The van der Waals surface area contributed by atoms with Crippen LogP contribution in [0, 0.1) is 6.92 Å². The fourth-order valence-electron chi connectivity index (χ4n) is 2.16. The Balaban J connectivity index is 2.11. The third-order valence-corrected chi connectivity index (χ3v) is 3.63. The molecule has 1 aromatic heterocycles. The lowest BCUT2D eigenvalue weighted by Crippen LogP contribution is -2.36. The highest BCUT2D eigenvalue weighted by molar-refractivity contribution is 5.91. The van der Waals surface area contributed by atoms with Gasteiger partial charge in [0, 0.05) is 12.0 Å². The second kappa shape index (κ2) is 6.10. The van der Waals surface area contributed by atoms with E-state index in [1.807, 2.05) is 0 Å².